The second-order valence-electron chi connectivity index (χ2n) is 6.98. The van der Waals surface area contributed by atoms with Crippen LogP contribution >= 0.6 is 11.3 Å². The van der Waals surface area contributed by atoms with Gasteiger partial charge in [0.05, 0.1) is 16.1 Å². The van der Waals surface area contributed by atoms with Crippen LogP contribution in [-0.4, -0.2) is 10.9 Å². The van der Waals surface area contributed by atoms with E-state index in [2.05, 4.69) is 47.7 Å². The summed E-state index contributed by atoms with van der Waals surface area (Å²) in [6.45, 7) is 4.22. The number of rotatable bonds is 5. The first-order valence-corrected chi connectivity index (χ1v) is 10.2. The van der Waals surface area contributed by atoms with Gasteiger partial charge in [0.1, 0.15) is 0 Å². The third-order valence-corrected chi connectivity index (χ3v) is 5.58. The highest BCUT2D eigenvalue weighted by Gasteiger charge is 2.26. The molecule has 0 unspecified atom stereocenters. The van der Waals surface area contributed by atoms with Gasteiger partial charge < -0.3 is 10.3 Å². The van der Waals surface area contributed by atoms with E-state index in [1.165, 1.54) is 0 Å². The van der Waals surface area contributed by atoms with Crippen LogP contribution in [0.5, 0.6) is 0 Å². The molecule has 0 aliphatic carbocycles. The molecule has 0 aliphatic heterocycles. The summed E-state index contributed by atoms with van der Waals surface area (Å²) in [6.07, 6.45) is 0. The van der Waals surface area contributed by atoms with Crippen LogP contribution in [0, 0.1) is 0 Å². The van der Waals surface area contributed by atoms with Crippen LogP contribution in [0.1, 0.15) is 35.8 Å². The quantitative estimate of drug-likeness (QED) is 0.390. The van der Waals surface area contributed by atoms with Crippen LogP contribution in [0.2, 0.25) is 0 Å². The van der Waals surface area contributed by atoms with Gasteiger partial charge in [0, 0.05) is 16.9 Å². The molecule has 4 rings (SSSR count). The zero-order valence-electron chi connectivity index (χ0n) is 15.9. The summed E-state index contributed by atoms with van der Waals surface area (Å²) in [4.78, 5) is 18.1. The Morgan fingerprint density at radius 2 is 1.61 bits per heavy atom. The van der Waals surface area contributed by atoms with E-state index in [-0.39, 0.29) is 11.8 Å². The van der Waals surface area contributed by atoms with Crippen molar-refractivity contribution in [2.45, 2.75) is 19.8 Å². The number of thiophene rings is 1. The maximum absolute atomic E-state index is 13.4. The molecule has 0 aliphatic rings. The van der Waals surface area contributed by atoms with Crippen molar-refractivity contribution in [1.29, 1.82) is 0 Å². The molecule has 2 aromatic carbocycles. The SMILES string of the molecule is CC(C)c1[nH]c(-c2cccs2)c(-c2ccccc2)c1C(=O)Nc1ccccc1. The van der Waals surface area contributed by atoms with Crippen molar-refractivity contribution in [2.75, 3.05) is 5.32 Å². The largest absolute Gasteiger partial charge is 0.356 e. The predicted molar refractivity (Wildman–Crippen MR) is 118 cm³/mol. The summed E-state index contributed by atoms with van der Waals surface area (Å²) >= 11 is 1.67. The van der Waals surface area contributed by atoms with E-state index >= 15 is 0 Å². The maximum Gasteiger partial charge on any atom is 0.258 e. The lowest BCUT2D eigenvalue weighted by Gasteiger charge is -2.11. The lowest BCUT2D eigenvalue weighted by atomic mass is 9.96. The van der Waals surface area contributed by atoms with E-state index in [0.717, 1.165) is 33.1 Å². The van der Waals surface area contributed by atoms with Crippen LogP contribution in [0.25, 0.3) is 21.7 Å². The molecule has 3 nitrogen and oxygen atoms in total. The average Bonchev–Trinajstić information content (AvgIpc) is 3.37. The van der Waals surface area contributed by atoms with Crippen molar-refractivity contribution in [3.8, 4) is 21.7 Å². The molecule has 0 saturated carbocycles. The fourth-order valence-corrected chi connectivity index (χ4v) is 4.13. The van der Waals surface area contributed by atoms with Gasteiger partial charge in [-0.15, -0.1) is 11.3 Å². The monoisotopic (exact) mass is 386 g/mol. The molecule has 0 spiro atoms. The lowest BCUT2D eigenvalue weighted by molar-refractivity contribution is 0.102. The number of hydrogen-bond acceptors (Lipinski definition) is 2. The molecular formula is C24H22N2OS. The van der Waals surface area contributed by atoms with E-state index in [4.69, 9.17) is 0 Å². The van der Waals surface area contributed by atoms with Crippen molar-refractivity contribution >= 4 is 22.9 Å². The topological polar surface area (TPSA) is 44.9 Å². The fourth-order valence-electron chi connectivity index (χ4n) is 3.40. The Morgan fingerprint density at radius 3 is 2.21 bits per heavy atom. The second kappa shape index (κ2) is 7.87. The minimum Gasteiger partial charge on any atom is -0.356 e. The Hall–Kier alpha value is -3.11. The molecule has 28 heavy (non-hydrogen) atoms. The van der Waals surface area contributed by atoms with Gasteiger partial charge in [-0.3, -0.25) is 4.79 Å². The molecule has 140 valence electrons. The first kappa shape index (κ1) is 18.3. The molecule has 0 radical (unpaired) electrons. The Kier molecular flexibility index (Phi) is 5.13. The van der Waals surface area contributed by atoms with E-state index in [9.17, 15) is 4.79 Å². The Balaban J connectivity index is 1.91. The summed E-state index contributed by atoms with van der Waals surface area (Å²) in [6, 6.07) is 23.8. The number of aromatic amines is 1. The van der Waals surface area contributed by atoms with Gasteiger partial charge in [0.25, 0.3) is 5.91 Å². The highest BCUT2D eigenvalue weighted by molar-refractivity contribution is 7.13. The predicted octanol–water partition coefficient (Wildman–Crippen LogP) is 6.79. The lowest BCUT2D eigenvalue weighted by Crippen LogP contribution is -2.14. The zero-order valence-corrected chi connectivity index (χ0v) is 16.7. The number of hydrogen-bond donors (Lipinski definition) is 2. The normalized spacial score (nSPS) is 11.0. The second-order valence-corrected chi connectivity index (χ2v) is 7.93. The first-order valence-electron chi connectivity index (χ1n) is 9.36. The molecule has 1 amide bonds. The van der Waals surface area contributed by atoms with E-state index < -0.39 is 0 Å². The average molecular weight is 387 g/mol. The van der Waals surface area contributed by atoms with Gasteiger partial charge >= 0.3 is 0 Å². The van der Waals surface area contributed by atoms with Gasteiger partial charge in [-0.25, -0.2) is 0 Å². The summed E-state index contributed by atoms with van der Waals surface area (Å²) in [7, 11) is 0. The number of anilines is 1. The molecule has 0 saturated heterocycles. The molecular weight excluding hydrogens is 364 g/mol. The number of carbonyl (C=O) groups excluding carboxylic acids is 1. The van der Waals surface area contributed by atoms with E-state index in [0.29, 0.717) is 5.56 Å². The molecule has 0 fully saturated rings. The summed E-state index contributed by atoms with van der Waals surface area (Å²) in [5, 5.41) is 5.13. The molecule has 0 atom stereocenters. The number of aromatic nitrogens is 1. The van der Waals surface area contributed by atoms with Gasteiger partial charge in [-0.2, -0.15) is 0 Å². The summed E-state index contributed by atoms with van der Waals surface area (Å²) < 4.78 is 0. The third-order valence-electron chi connectivity index (χ3n) is 4.70. The molecule has 0 bridgehead atoms. The maximum atomic E-state index is 13.4. The van der Waals surface area contributed by atoms with Gasteiger partial charge in [0.2, 0.25) is 0 Å². The van der Waals surface area contributed by atoms with E-state index in [1.54, 1.807) is 11.3 Å². The minimum absolute atomic E-state index is 0.0900. The zero-order chi connectivity index (χ0) is 19.5. The first-order chi connectivity index (χ1) is 13.6. The molecule has 4 aromatic rings. The van der Waals surface area contributed by atoms with Crippen LogP contribution in [0.4, 0.5) is 5.69 Å². The van der Waals surface area contributed by atoms with Crippen molar-refractivity contribution in [3.05, 3.63) is 89.4 Å². The Bertz CT molecular complexity index is 1060. The van der Waals surface area contributed by atoms with Crippen molar-refractivity contribution in [3.63, 3.8) is 0 Å². The minimum atomic E-state index is -0.0900. The van der Waals surface area contributed by atoms with Crippen LogP contribution < -0.4 is 5.32 Å². The van der Waals surface area contributed by atoms with Crippen molar-refractivity contribution in [1.82, 2.24) is 4.98 Å². The van der Waals surface area contributed by atoms with Crippen molar-refractivity contribution < 1.29 is 4.79 Å². The number of H-pyrrole nitrogens is 1. The highest BCUT2D eigenvalue weighted by atomic mass is 32.1. The summed E-state index contributed by atoms with van der Waals surface area (Å²) in [5.41, 5.74) is 5.46. The van der Waals surface area contributed by atoms with Crippen LogP contribution in [0.15, 0.2) is 78.2 Å². The van der Waals surface area contributed by atoms with Crippen LogP contribution in [0.3, 0.4) is 0 Å². The number of benzene rings is 2. The Morgan fingerprint density at radius 1 is 0.929 bits per heavy atom. The van der Waals surface area contributed by atoms with E-state index in [1.807, 2.05) is 54.6 Å². The van der Waals surface area contributed by atoms with Gasteiger partial charge in [-0.05, 0) is 35.1 Å². The molecule has 2 N–H and O–H groups in total. The number of nitrogens with one attached hydrogen (secondary N) is 2. The highest BCUT2D eigenvalue weighted by Crippen LogP contribution is 2.40. The summed E-state index contributed by atoms with van der Waals surface area (Å²) in [5.74, 6) is 0.0977. The van der Waals surface area contributed by atoms with Gasteiger partial charge in [-0.1, -0.05) is 68.4 Å². The Labute approximate surface area is 169 Å². The number of amides is 1. The van der Waals surface area contributed by atoms with Crippen LogP contribution in [-0.2, 0) is 0 Å². The smallest absolute Gasteiger partial charge is 0.258 e. The van der Waals surface area contributed by atoms with Crippen molar-refractivity contribution in [2.24, 2.45) is 0 Å². The number of para-hydroxylation sites is 1. The fraction of sp³-hybridized carbons (Fsp3) is 0.125. The standard InChI is InChI=1S/C24H22N2OS/c1-16(2)22-21(24(27)25-18-12-7-4-8-13-18)20(17-10-5-3-6-11-17)23(26-22)19-14-9-15-28-19/h3-16,26H,1-2H3,(H,25,27). The van der Waals surface area contributed by atoms with Gasteiger partial charge in [0.15, 0.2) is 0 Å². The molecule has 2 aromatic heterocycles. The molecule has 4 heteroatoms. The number of carbonyl (C=O) groups is 1. The third kappa shape index (κ3) is 3.51. The molecule has 2 heterocycles.